The fourth-order valence-electron chi connectivity index (χ4n) is 4.53. The van der Waals surface area contributed by atoms with Crippen molar-refractivity contribution in [1.29, 1.82) is 0 Å². The number of nitrogens with zero attached hydrogens (tertiary/aromatic N) is 2. The first-order chi connectivity index (χ1) is 14.8. The summed E-state index contributed by atoms with van der Waals surface area (Å²) in [6, 6.07) is 6.86. The largest absolute Gasteiger partial charge is 0.324 e. The quantitative estimate of drug-likeness (QED) is 0.601. The van der Waals surface area contributed by atoms with Crippen LogP contribution in [0.15, 0.2) is 35.1 Å². The van der Waals surface area contributed by atoms with Crippen LogP contribution in [0.25, 0.3) is 10.8 Å². The molecular formula is C22H19ClF2N4O2. The number of pyridine rings is 1. The molecule has 0 saturated carbocycles. The van der Waals surface area contributed by atoms with E-state index in [0.29, 0.717) is 47.8 Å². The molecule has 3 aromatic rings. The molecule has 1 aromatic heterocycles. The van der Waals surface area contributed by atoms with Crippen LogP contribution in [0.5, 0.6) is 0 Å². The number of carbonyl (C=O) groups is 1. The highest BCUT2D eigenvalue weighted by Gasteiger charge is 2.34. The number of carbonyl (C=O) groups excluding carboxylic acids is 1. The highest BCUT2D eigenvalue weighted by Crippen LogP contribution is 2.34. The number of hydrogen-bond donors (Lipinski definition) is 2. The normalized spacial score (nSPS) is 17.5. The second-order valence-corrected chi connectivity index (χ2v) is 8.40. The summed E-state index contributed by atoms with van der Waals surface area (Å²) in [7, 11) is 1.68. The van der Waals surface area contributed by atoms with E-state index < -0.39 is 23.2 Å². The molecule has 160 valence electrons. The Labute approximate surface area is 181 Å². The third-order valence-corrected chi connectivity index (χ3v) is 6.32. The summed E-state index contributed by atoms with van der Waals surface area (Å²) in [5.74, 6) is -2.11. The lowest BCUT2D eigenvalue weighted by Crippen LogP contribution is -2.46. The van der Waals surface area contributed by atoms with Gasteiger partial charge in [-0.2, -0.15) is 0 Å². The van der Waals surface area contributed by atoms with Crippen LogP contribution in [-0.2, 0) is 19.6 Å². The van der Waals surface area contributed by atoms with Gasteiger partial charge in [0, 0.05) is 49.5 Å². The molecule has 6 nitrogen and oxygen atoms in total. The number of aromatic nitrogens is 1. The molecule has 5 rings (SSSR count). The predicted molar refractivity (Wildman–Crippen MR) is 113 cm³/mol. The summed E-state index contributed by atoms with van der Waals surface area (Å²) in [6.07, 6.45) is 0. The standard InChI is InChI=1S/C22H19ClF2N4O2/c1-28(22(31)29-9-11-2-3-13(23)4-12(11)10-29)19-8-26-7-18-20(19)14-5-16(24)17(25)6-15(14)21(30)27-18/h2-6,19,26H,7-10H2,1H3,(H,27,30). The number of H-pyrrole nitrogens is 1. The van der Waals surface area contributed by atoms with Crippen molar-refractivity contribution in [1.82, 2.24) is 20.1 Å². The number of benzene rings is 2. The van der Waals surface area contributed by atoms with Crippen molar-refractivity contribution in [3.8, 4) is 0 Å². The van der Waals surface area contributed by atoms with Crippen LogP contribution >= 0.6 is 11.6 Å². The van der Waals surface area contributed by atoms with E-state index in [2.05, 4.69) is 10.3 Å². The Balaban J connectivity index is 1.53. The number of hydrogen-bond acceptors (Lipinski definition) is 3. The van der Waals surface area contributed by atoms with E-state index >= 15 is 0 Å². The Hall–Kier alpha value is -2.97. The zero-order valence-electron chi connectivity index (χ0n) is 16.6. The third-order valence-electron chi connectivity index (χ3n) is 6.09. The van der Waals surface area contributed by atoms with Gasteiger partial charge in [-0.05, 0) is 40.8 Å². The van der Waals surface area contributed by atoms with Gasteiger partial charge in [-0.25, -0.2) is 13.6 Å². The maximum Gasteiger partial charge on any atom is 0.320 e. The molecule has 0 radical (unpaired) electrons. The van der Waals surface area contributed by atoms with Gasteiger partial charge in [-0.15, -0.1) is 0 Å². The average Bonchev–Trinajstić information content (AvgIpc) is 3.17. The van der Waals surface area contributed by atoms with Gasteiger partial charge in [0.05, 0.1) is 11.4 Å². The van der Waals surface area contributed by atoms with Crippen molar-refractivity contribution in [2.24, 2.45) is 0 Å². The van der Waals surface area contributed by atoms with Crippen LogP contribution < -0.4 is 10.9 Å². The van der Waals surface area contributed by atoms with Gasteiger partial charge in [0.1, 0.15) is 0 Å². The van der Waals surface area contributed by atoms with Crippen LogP contribution in [0.1, 0.15) is 28.4 Å². The van der Waals surface area contributed by atoms with Gasteiger partial charge in [0.15, 0.2) is 11.6 Å². The summed E-state index contributed by atoms with van der Waals surface area (Å²) in [4.78, 5) is 31.8. The van der Waals surface area contributed by atoms with E-state index in [4.69, 9.17) is 11.6 Å². The monoisotopic (exact) mass is 444 g/mol. The molecule has 0 saturated heterocycles. The van der Waals surface area contributed by atoms with Crippen molar-refractivity contribution in [2.75, 3.05) is 13.6 Å². The van der Waals surface area contributed by atoms with Gasteiger partial charge in [-0.3, -0.25) is 4.79 Å². The second-order valence-electron chi connectivity index (χ2n) is 7.97. The fraction of sp³-hybridized carbons (Fsp3) is 0.273. The first kappa shape index (κ1) is 20.0. The summed E-state index contributed by atoms with van der Waals surface area (Å²) < 4.78 is 27.9. The molecule has 2 aliphatic heterocycles. The molecule has 31 heavy (non-hydrogen) atoms. The van der Waals surface area contributed by atoms with E-state index in [1.165, 1.54) is 0 Å². The number of amides is 2. The number of urea groups is 1. The van der Waals surface area contributed by atoms with Crippen molar-refractivity contribution < 1.29 is 13.6 Å². The maximum atomic E-state index is 14.1. The first-order valence-electron chi connectivity index (χ1n) is 9.87. The lowest BCUT2D eigenvalue weighted by molar-refractivity contribution is 0.143. The van der Waals surface area contributed by atoms with E-state index in [-0.39, 0.29) is 11.4 Å². The zero-order chi connectivity index (χ0) is 21.9. The van der Waals surface area contributed by atoms with E-state index in [1.54, 1.807) is 22.9 Å². The number of halogens is 3. The van der Waals surface area contributed by atoms with Crippen molar-refractivity contribution in [3.05, 3.63) is 79.7 Å². The lowest BCUT2D eigenvalue weighted by Gasteiger charge is -2.36. The molecule has 9 heteroatoms. The molecular weight excluding hydrogens is 426 g/mol. The molecule has 0 spiro atoms. The minimum atomic E-state index is -1.08. The lowest BCUT2D eigenvalue weighted by atomic mass is 9.94. The first-order valence-corrected chi connectivity index (χ1v) is 10.2. The number of nitrogens with one attached hydrogen (secondary N) is 2. The topological polar surface area (TPSA) is 68.4 Å². The predicted octanol–water partition coefficient (Wildman–Crippen LogP) is 3.67. The highest BCUT2D eigenvalue weighted by molar-refractivity contribution is 6.30. The average molecular weight is 445 g/mol. The number of rotatable bonds is 1. The molecule has 0 bridgehead atoms. The van der Waals surface area contributed by atoms with Crippen LogP contribution in [-0.4, -0.2) is 34.4 Å². The Bertz CT molecular complexity index is 1290. The van der Waals surface area contributed by atoms with Crippen molar-refractivity contribution >= 4 is 28.4 Å². The molecule has 0 fully saturated rings. The molecule has 1 unspecified atom stereocenters. The maximum absolute atomic E-state index is 14.1. The van der Waals surface area contributed by atoms with Gasteiger partial charge in [-0.1, -0.05) is 17.7 Å². The van der Waals surface area contributed by atoms with Crippen molar-refractivity contribution in [3.63, 3.8) is 0 Å². The van der Waals surface area contributed by atoms with E-state index in [9.17, 15) is 18.4 Å². The minimum absolute atomic E-state index is 0.0635. The van der Waals surface area contributed by atoms with E-state index in [1.807, 2.05) is 12.1 Å². The Morgan fingerprint density at radius 3 is 2.61 bits per heavy atom. The van der Waals surface area contributed by atoms with Crippen LogP contribution in [0.4, 0.5) is 13.6 Å². The molecule has 2 aliphatic rings. The second kappa shape index (κ2) is 7.32. The fourth-order valence-corrected chi connectivity index (χ4v) is 4.73. The summed E-state index contributed by atoms with van der Waals surface area (Å²) >= 11 is 6.07. The Morgan fingerprint density at radius 1 is 1.13 bits per heavy atom. The number of fused-ring (bicyclic) bond motifs is 4. The number of likely N-dealkylation sites (N-methyl/N-ethyl adjacent to an activating group) is 1. The van der Waals surface area contributed by atoms with Crippen LogP contribution in [0.3, 0.4) is 0 Å². The van der Waals surface area contributed by atoms with Gasteiger partial charge in [0.2, 0.25) is 0 Å². The minimum Gasteiger partial charge on any atom is -0.324 e. The van der Waals surface area contributed by atoms with Crippen LogP contribution in [0, 0.1) is 11.6 Å². The SMILES string of the molecule is CN(C(=O)N1Cc2ccc(Cl)cc2C1)C1CNCc2[nH]c(=O)c3cc(F)c(F)cc3c21. The van der Waals surface area contributed by atoms with E-state index in [0.717, 1.165) is 23.3 Å². The molecule has 3 heterocycles. The van der Waals surface area contributed by atoms with Gasteiger partial charge >= 0.3 is 6.03 Å². The highest BCUT2D eigenvalue weighted by atomic mass is 35.5. The summed E-state index contributed by atoms with van der Waals surface area (Å²) in [5.41, 5.74) is 2.75. The smallest absolute Gasteiger partial charge is 0.320 e. The van der Waals surface area contributed by atoms with Crippen LogP contribution in [0.2, 0.25) is 5.02 Å². The third kappa shape index (κ3) is 3.26. The summed E-state index contributed by atoms with van der Waals surface area (Å²) in [5, 5.41) is 4.20. The molecule has 2 aromatic carbocycles. The Kier molecular flexibility index (Phi) is 4.71. The summed E-state index contributed by atoms with van der Waals surface area (Å²) in [6.45, 7) is 1.70. The molecule has 2 N–H and O–H groups in total. The molecule has 1 atom stereocenters. The Morgan fingerprint density at radius 2 is 1.84 bits per heavy atom. The zero-order valence-corrected chi connectivity index (χ0v) is 17.4. The van der Waals surface area contributed by atoms with Gasteiger partial charge in [0.25, 0.3) is 5.56 Å². The molecule has 2 amide bonds. The number of aromatic amines is 1. The molecule has 0 aliphatic carbocycles. The van der Waals surface area contributed by atoms with Crippen molar-refractivity contribution in [2.45, 2.75) is 25.7 Å². The van der Waals surface area contributed by atoms with Gasteiger partial charge < -0.3 is 20.1 Å².